The van der Waals surface area contributed by atoms with E-state index in [0.717, 1.165) is 11.8 Å². The van der Waals surface area contributed by atoms with Gasteiger partial charge in [0.15, 0.2) is 0 Å². The standard InChI is InChI=1S/C15H18.C13H20.C10H22.C6H14.C5H12.C4H10.C2H6.C2H4.CH4/c1-5-14(11-13(4)12(2)3)15-9-7-6-8-10-15;1-10(2)12(4)9-13-8-6-5-7-11(13)3;1-5-8-10(4,7-3)9-6-2;1-4-6(3)5-2;1-3-5-4-2;1-4(2)3;2*1-2;/h5-11H,1H2,2-4H3;9H,1,5-8H2,2-4H3;5-9H2,1-4H3;6H,4-5H2,1-3H3;3-5H2,1-2H3;4H,1-3H3;1-2H3;1-2H2;1H4/b14-11+;12-9-;;;;;;;. The van der Waals surface area contributed by atoms with E-state index in [1.165, 1.54) is 123 Å². The van der Waals surface area contributed by atoms with Crippen LogP contribution < -0.4 is 0 Å². The predicted molar refractivity (Wildman–Crippen MR) is 281 cm³/mol. The molecule has 0 saturated carbocycles. The van der Waals surface area contributed by atoms with Crippen LogP contribution in [0.25, 0.3) is 5.57 Å². The van der Waals surface area contributed by atoms with Crippen molar-refractivity contribution in [3.8, 4) is 0 Å². The molecule has 58 heavy (non-hydrogen) atoms. The third-order valence-electron chi connectivity index (χ3n) is 10.0. The lowest BCUT2D eigenvalue weighted by Gasteiger charge is -2.27. The highest BCUT2D eigenvalue weighted by molar-refractivity contribution is 5.75. The maximum absolute atomic E-state index is 3.95. The molecule has 0 bridgehead atoms. The molecule has 1 aromatic carbocycles. The van der Waals surface area contributed by atoms with Crippen LogP contribution in [0.1, 0.15) is 241 Å². The number of benzene rings is 1. The second-order valence-corrected chi connectivity index (χ2v) is 16.6. The Labute approximate surface area is 371 Å². The molecule has 1 aromatic rings. The fraction of sp³-hybridized carbons (Fsp3) is 0.655. The van der Waals surface area contributed by atoms with Crippen LogP contribution in [0.4, 0.5) is 0 Å². The quantitative estimate of drug-likeness (QED) is 0.130. The van der Waals surface area contributed by atoms with Gasteiger partial charge in [0.25, 0.3) is 0 Å². The Hall–Kier alpha value is -2.60. The number of hydrogen-bond donors (Lipinski definition) is 0. The minimum atomic E-state index is 0. The monoisotopic (exact) mass is 807 g/mol. The van der Waals surface area contributed by atoms with Gasteiger partial charge in [-0.15, -0.1) is 13.2 Å². The molecule has 0 radical (unpaired) electrons. The number of unbranched alkanes of at least 4 members (excludes halogenated alkanes) is 2. The van der Waals surface area contributed by atoms with Crippen molar-refractivity contribution in [2.75, 3.05) is 0 Å². The van der Waals surface area contributed by atoms with E-state index in [2.05, 4.69) is 175 Å². The summed E-state index contributed by atoms with van der Waals surface area (Å²) >= 11 is 0. The Morgan fingerprint density at radius 2 is 1.17 bits per heavy atom. The number of hydrogen-bond acceptors (Lipinski definition) is 0. The average molecular weight is 808 g/mol. The lowest BCUT2D eigenvalue weighted by molar-refractivity contribution is 0.255. The predicted octanol–water partition coefficient (Wildman–Crippen LogP) is 21.8. The normalized spacial score (nSPS) is 11.8. The highest BCUT2D eigenvalue weighted by Crippen LogP contribution is 2.32. The van der Waals surface area contributed by atoms with Gasteiger partial charge >= 0.3 is 0 Å². The highest BCUT2D eigenvalue weighted by atomic mass is 14.2. The second-order valence-electron chi connectivity index (χ2n) is 16.6. The Bertz CT molecular complexity index is 1130. The fourth-order valence-electron chi connectivity index (χ4n) is 5.26. The molecule has 0 aromatic heterocycles. The lowest BCUT2D eigenvalue weighted by atomic mass is 9.79. The van der Waals surface area contributed by atoms with Crippen LogP contribution in [0.15, 0.2) is 108 Å². The zero-order chi connectivity index (χ0) is 45.8. The van der Waals surface area contributed by atoms with Gasteiger partial charge in [-0.1, -0.05) is 240 Å². The summed E-state index contributed by atoms with van der Waals surface area (Å²) in [6.45, 7) is 57.6. The third kappa shape index (κ3) is 47.8. The van der Waals surface area contributed by atoms with E-state index < -0.39 is 0 Å². The summed E-state index contributed by atoms with van der Waals surface area (Å²) in [5, 5.41) is 0. The minimum absolute atomic E-state index is 0. The van der Waals surface area contributed by atoms with Crippen LogP contribution in [-0.4, -0.2) is 0 Å². The van der Waals surface area contributed by atoms with Gasteiger partial charge in [0, 0.05) is 0 Å². The Morgan fingerprint density at radius 3 is 1.45 bits per heavy atom. The van der Waals surface area contributed by atoms with E-state index in [9.17, 15) is 0 Å². The molecular formula is C58H110. The van der Waals surface area contributed by atoms with Gasteiger partial charge in [-0.3, -0.25) is 0 Å². The zero-order valence-electron chi connectivity index (χ0n) is 43.0. The van der Waals surface area contributed by atoms with Gasteiger partial charge < -0.3 is 0 Å². The van der Waals surface area contributed by atoms with Gasteiger partial charge in [-0.25, -0.2) is 0 Å². The zero-order valence-corrected chi connectivity index (χ0v) is 43.0. The average Bonchev–Trinajstić information content (AvgIpc) is 3.20. The van der Waals surface area contributed by atoms with Gasteiger partial charge in [0.1, 0.15) is 0 Å². The van der Waals surface area contributed by atoms with Crippen LogP contribution in [0.3, 0.4) is 0 Å². The fourth-order valence-corrected chi connectivity index (χ4v) is 5.26. The van der Waals surface area contributed by atoms with Crippen LogP contribution in [0.2, 0.25) is 0 Å². The van der Waals surface area contributed by atoms with Crippen LogP contribution >= 0.6 is 0 Å². The molecule has 0 spiro atoms. The first-order valence-electron chi connectivity index (χ1n) is 23.5. The van der Waals surface area contributed by atoms with Gasteiger partial charge in [0.2, 0.25) is 0 Å². The molecule has 1 aliphatic carbocycles. The third-order valence-corrected chi connectivity index (χ3v) is 10.0. The van der Waals surface area contributed by atoms with Crippen molar-refractivity contribution in [1.82, 2.24) is 0 Å². The first-order chi connectivity index (χ1) is 26.9. The van der Waals surface area contributed by atoms with E-state index in [4.69, 9.17) is 0 Å². The van der Waals surface area contributed by atoms with Crippen LogP contribution in [0, 0.1) is 17.3 Å². The molecule has 0 heterocycles. The number of rotatable bonds is 14. The molecule has 342 valence electrons. The van der Waals surface area contributed by atoms with E-state index in [0.29, 0.717) is 5.41 Å². The molecule has 0 N–H and O–H groups in total. The van der Waals surface area contributed by atoms with Gasteiger partial charge in [-0.2, -0.15) is 0 Å². The van der Waals surface area contributed by atoms with Crippen molar-refractivity contribution >= 4 is 5.57 Å². The van der Waals surface area contributed by atoms with Gasteiger partial charge in [-0.05, 0) is 120 Å². The minimum Gasteiger partial charge on any atom is -0.106 e. The second kappa shape index (κ2) is 50.5. The van der Waals surface area contributed by atoms with E-state index >= 15 is 0 Å². The van der Waals surface area contributed by atoms with Gasteiger partial charge in [0.05, 0.1) is 0 Å². The highest BCUT2D eigenvalue weighted by Gasteiger charge is 2.18. The van der Waals surface area contributed by atoms with Crippen molar-refractivity contribution in [1.29, 1.82) is 0 Å². The first-order valence-corrected chi connectivity index (χ1v) is 23.5. The SMILES string of the molecule is C.C=C.C=C(C)/C(C)=C\C1=C(C)CCCC1.C=C/C(=C\C(C)=C(C)C)c1ccccc1.CC.CC(C)C.CCC(C)CC.CCCC(C)(CC)CCC.CCCCC. The summed E-state index contributed by atoms with van der Waals surface area (Å²) < 4.78 is 0. The first kappa shape index (κ1) is 70.0. The topological polar surface area (TPSA) is 0 Å². The summed E-state index contributed by atoms with van der Waals surface area (Å²) in [4.78, 5) is 0. The van der Waals surface area contributed by atoms with E-state index in [1.54, 1.807) is 11.1 Å². The largest absolute Gasteiger partial charge is 0.106 e. The van der Waals surface area contributed by atoms with Crippen LogP contribution in [-0.2, 0) is 0 Å². The smallest absolute Gasteiger partial charge is 0.0184 e. The molecule has 0 fully saturated rings. The van der Waals surface area contributed by atoms with E-state index in [1.807, 2.05) is 38.1 Å². The number of allylic oxidation sites excluding steroid dienone is 10. The van der Waals surface area contributed by atoms with E-state index in [-0.39, 0.29) is 7.43 Å². The molecule has 1 aliphatic rings. The summed E-state index contributed by atoms with van der Waals surface area (Å²) in [5.74, 6) is 1.77. The molecule has 0 heteroatoms. The summed E-state index contributed by atoms with van der Waals surface area (Å²) in [6.07, 6.45) is 25.2. The molecule has 0 unspecified atom stereocenters. The summed E-state index contributed by atoms with van der Waals surface area (Å²) in [6, 6.07) is 10.3. The Kier molecular flexibility index (Phi) is 61.0. The molecular weight excluding hydrogens is 697 g/mol. The lowest BCUT2D eigenvalue weighted by Crippen LogP contribution is -2.13. The van der Waals surface area contributed by atoms with Crippen molar-refractivity contribution in [2.45, 2.75) is 236 Å². The molecule has 0 nitrogen and oxygen atoms in total. The molecule has 0 aliphatic heterocycles. The Balaban J connectivity index is -0.000000111. The maximum atomic E-state index is 3.95. The molecule has 0 atom stereocenters. The summed E-state index contributed by atoms with van der Waals surface area (Å²) in [7, 11) is 0. The Morgan fingerprint density at radius 1 is 0.741 bits per heavy atom. The van der Waals surface area contributed by atoms with Crippen LogP contribution in [0.5, 0.6) is 0 Å². The maximum Gasteiger partial charge on any atom is -0.0184 e. The molecule has 0 saturated heterocycles. The van der Waals surface area contributed by atoms with Crippen molar-refractivity contribution in [3.63, 3.8) is 0 Å². The van der Waals surface area contributed by atoms with Crippen molar-refractivity contribution in [3.05, 3.63) is 114 Å². The van der Waals surface area contributed by atoms with Crippen molar-refractivity contribution < 1.29 is 0 Å². The van der Waals surface area contributed by atoms with Crippen molar-refractivity contribution in [2.24, 2.45) is 17.3 Å². The summed E-state index contributed by atoms with van der Waals surface area (Å²) in [5.41, 5.74) is 11.3. The molecule has 2 rings (SSSR count). The molecule has 0 amide bonds.